The Labute approximate surface area is 99.4 Å². The predicted molar refractivity (Wildman–Crippen MR) is 73.2 cm³/mol. The van der Waals surface area contributed by atoms with Crippen LogP contribution in [0.25, 0.3) is 6.08 Å². The summed E-state index contributed by atoms with van der Waals surface area (Å²) >= 11 is 0. The van der Waals surface area contributed by atoms with E-state index in [1.165, 1.54) is 0 Å². The Morgan fingerprint density at radius 3 is 1.81 bits per heavy atom. The minimum absolute atomic E-state index is 0.113. The lowest BCUT2D eigenvalue weighted by Crippen LogP contribution is -2.49. The standard InChI is InChI=1S/C14H21FSi/c1-6-13-7-9-14(10-8-13)16(15,11(2)3)12(4)5/h6-12H,1H2,2-5H3. The highest BCUT2D eigenvalue weighted by molar-refractivity contribution is 6.88. The zero-order valence-electron chi connectivity index (χ0n) is 10.6. The molecule has 1 aromatic rings. The lowest BCUT2D eigenvalue weighted by atomic mass is 10.2. The molecular formula is C14H21FSi. The van der Waals surface area contributed by atoms with Gasteiger partial charge in [-0.25, -0.2) is 0 Å². The van der Waals surface area contributed by atoms with Crippen molar-refractivity contribution < 1.29 is 4.11 Å². The first-order chi connectivity index (χ1) is 7.42. The van der Waals surface area contributed by atoms with Crippen LogP contribution >= 0.6 is 0 Å². The van der Waals surface area contributed by atoms with Crippen LogP contribution < -0.4 is 5.19 Å². The molecule has 0 heterocycles. The van der Waals surface area contributed by atoms with Gasteiger partial charge in [0.15, 0.2) is 0 Å². The molecule has 0 saturated carbocycles. The molecule has 0 spiro atoms. The van der Waals surface area contributed by atoms with Crippen molar-refractivity contribution in [1.82, 2.24) is 0 Å². The minimum atomic E-state index is -2.85. The van der Waals surface area contributed by atoms with Crippen molar-refractivity contribution in [2.45, 2.75) is 38.8 Å². The van der Waals surface area contributed by atoms with Crippen LogP contribution in [-0.2, 0) is 0 Å². The molecule has 0 radical (unpaired) electrons. The van der Waals surface area contributed by atoms with Crippen molar-refractivity contribution >= 4 is 19.7 Å². The lowest BCUT2D eigenvalue weighted by molar-refractivity contribution is 0.699. The fourth-order valence-electron chi connectivity index (χ4n) is 2.21. The van der Waals surface area contributed by atoms with Crippen LogP contribution in [0.5, 0.6) is 0 Å². The van der Waals surface area contributed by atoms with E-state index >= 15 is 4.11 Å². The molecule has 2 heteroatoms. The molecule has 0 nitrogen and oxygen atoms in total. The summed E-state index contributed by atoms with van der Waals surface area (Å²) in [7, 11) is -2.85. The topological polar surface area (TPSA) is 0 Å². The van der Waals surface area contributed by atoms with E-state index < -0.39 is 8.41 Å². The van der Waals surface area contributed by atoms with Gasteiger partial charge in [-0.2, -0.15) is 0 Å². The first-order valence-corrected chi connectivity index (χ1v) is 7.88. The molecule has 0 atom stereocenters. The first-order valence-electron chi connectivity index (χ1n) is 5.84. The Hall–Kier alpha value is -0.893. The summed E-state index contributed by atoms with van der Waals surface area (Å²) in [5.41, 5.74) is 1.27. The summed E-state index contributed by atoms with van der Waals surface area (Å²) in [6, 6.07) is 7.77. The minimum Gasteiger partial charge on any atom is -0.307 e. The molecule has 1 aromatic carbocycles. The highest BCUT2D eigenvalue weighted by Gasteiger charge is 2.43. The highest BCUT2D eigenvalue weighted by atomic mass is 28.4. The number of halogens is 1. The maximum Gasteiger partial charge on any atom is 0.282 e. The lowest BCUT2D eigenvalue weighted by Gasteiger charge is -2.30. The third kappa shape index (κ3) is 2.27. The van der Waals surface area contributed by atoms with E-state index in [1.54, 1.807) is 6.08 Å². The van der Waals surface area contributed by atoms with Crippen molar-refractivity contribution in [1.29, 1.82) is 0 Å². The van der Waals surface area contributed by atoms with Crippen LogP contribution in [0, 0.1) is 0 Å². The van der Waals surface area contributed by atoms with Gasteiger partial charge in [0.25, 0.3) is 8.41 Å². The van der Waals surface area contributed by atoms with Crippen molar-refractivity contribution in [3.63, 3.8) is 0 Å². The van der Waals surface area contributed by atoms with Crippen LogP contribution in [-0.4, -0.2) is 8.41 Å². The van der Waals surface area contributed by atoms with Crippen molar-refractivity contribution in [3.05, 3.63) is 36.4 Å². The fraction of sp³-hybridized carbons (Fsp3) is 0.429. The molecule has 0 bridgehead atoms. The van der Waals surface area contributed by atoms with Gasteiger partial charge < -0.3 is 4.11 Å². The third-order valence-corrected chi connectivity index (χ3v) is 7.85. The average Bonchev–Trinajstić information content (AvgIpc) is 2.27. The molecule has 0 aromatic heterocycles. The Bertz CT molecular complexity index is 344. The molecule has 0 fully saturated rings. The molecule has 0 saturated heterocycles. The normalized spacial score (nSPS) is 12.2. The van der Waals surface area contributed by atoms with Crippen LogP contribution in [0.15, 0.2) is 30.8 Å². The maximum absolute atomic E-state index is 15.1. The molecule has 16 heavy (non-hydrogen) atoms. The predicted octanol–water partition coefficient (Wildman–Crippen LogP) is 4.27. The largest absolute Gasteiger partial charge is 0.307 e. The van der Waals surface area contributed by atoms with Crippen molar-refractivity contribution in [3.8, 4) is 0 Å². The molecule has 0 aliphatic carbocycles. The third-order valence-electron chi connectivity index (χ3n) is 3.27. The van der Waals surface area contributed by atoms with E-state index in [-0.39, 0.29) is 11.1 Å². The Balaban J connectivity index is 3.16. The van der Waals surface area contributed by atoms with Gasteiger partial charge in [-0.15, -0.1) is 0 Å². The van der Waals surface area contributed by atoms with E-state index in [1.807, 2.05) is 52.0 Å². The second-order valence-electron chi connectivity index (χ2n) is 4.90. The molecule has 0 aliphatic heterocycles. The molecular weight excluding hydrogens is 215 g/mol. The van der Waals surface area contributed by atoms with Gasteiger partial charge in [0.2, 0.25) is 0 Å². The smallest absolute Gasteiger partial charge is 0.282 e. The second-order valence-corrected chi connectivity index (χ2v) is 9.33. The molecule has 88 valence electrons. The van der Waals surface area contributed by atoms with Crippen LogP contribution in [0.3, 0.4) is 0 Å². The molecule has 0 amide bonds. The van der Waals surface area contributed by atoms with Gasteiger partial charge in [-0.1, -0.05) is 64.6 Å². The number of hydrogen-bond acceptors (Lipinski definition) is 0. The fourth-order valence-corrected chi connectivity index (χ4v) is 5.55. The number of hydrogen-bond donors (Lipinski definition) is 0. The van der Waals surface area contributed by atoms with E-state index in [9.17, 15) is 0 Å². The maximum atomic E-state index is 15.1. The van der Waals surface area contributed by atoms with E-state index in [4.69, 9.17) is 0 Å². The van der Waals surface area contributed by atoms with E-state index in [0.29, 0.717) is 0 Å². The number of rotatable bonds is 4. The summed E-state index contributed by atoms with van der Waals surface area (Å²) in [6.07, 6.45) is 1.79. The quantitative estimate of drug-likeness (QED) is 0.541. The summed E-state index contributed by atoms with van der Waals surface area (Å²) in [5.74, 6) is 0. The molecule has 0 unspecified atom stereocenters. The Morgan fingerprint density at radius 2 is 1.50 bits per heavy atom. The summed E-state index contributed by atoms with van der Waals surface area (Å²) in [5, 5.41) is 0.906. The first kappa shape index (κ1) is 13.2. The van der Waals surface area contributed by atoms with Gasteiger partial charge in [-0.3, -0.25) is 0 Å². The summed E-state index contributed by atoms with van der Waals surface area (Å²) in [6.45, 7) is 11.7. The van der Waals surface area contributed by atoms with Gasteiger partial charge in [-0.05, 0) is 21.8 Å². The Kier molecular flexibility index (Phi) is 4.08. The SMILES string of the molecule is C=Cc1ccc([Si](F)(C(C)C)C(C)C)cc1. The molecule has 0 N–H and O–H groups in total. The van der Waals surface area contributed by atoms with Gasteiger partial charge in [0.05, 0.1) is 0 Å². The van der Waals surface area contributed by atoms with Gasteiger partial charge in [0.1, 0.15) is 0 Å². The summed E-state index contributed by atoms with van der Waals surface area (Å²) in [4.78, 5) is 0. The van der Waals surface area contributed by atoms with E-state index in [2.05, 4.69) is 6.58 Å². The van der Waals surface area contributed by atoms with Crippen molar-refractivity contribution in [2.24, 2.45) is 0 Å². The van der Waals surface area contributed by atoms with Gasteiger partial charge in [0, 0.05) is 0 Å². The van der Waals surface area contributed by atoms with E-state index in [0.717, 1.165) is 10.8 Å². The molecule has 0 aliphatic rings. The zero-order chi connectivity index (χ0) is 12.3. The van der Waals surface area contributed by atoms with Crippen molar-refractivity contribution in [2.75, 3.05) is 0 Å². The second kappa shape index (κ2) is 4.96. The van der Waals surface area contributed by atoms with Crippen LogP contribution in [0.2, 0.25) is 11.1 Å². The Morgan fingerprint density at radius 1 is 1.06 bits per heavy atom. The van der Waals surface area contributed by atoms with Crippen LogP contribution in [0.4, 0.5) is 4.11 Å². The molecule has 1 rings (SSSR count). The highest BCUT2D eigenvalue weighted by Crippen LogP contribution is 2.33. The monoisotopic (exact) mass is 236 g/mol. The van der Waals surface area contributed by atoms with Gasteiger partial charge >= 0.3 is 0 Å². The van der Waals surface area contributed by atoms with Crippen LogP contribution in [0.1, 0.15) is 33.3 Å². The average molecular weight is 236 g/mol. The number of benzene rings is 1. The zero-order valence-corrected chi connectivity index (χ0v) is 11.6. The summed E-state index contributed by atoms with van der Waals surface area (Å²) < 4.78 is 15.1.